The summed E-state index contributed by atoms with van der Waals surface area (Å²) in [6, 6.07) is 0.245. The number of piperidine rings is 1. The predicted octanol–water partition coefficient (Wildman–Crippen LogP) is 2.41. The van der Waals surface area contributed by atoms with E-state index in [9.17, 15) is 0 Å². The molecule has 0 amide bonds. The van der Waals surface area contributed by atoms with Crippen molar-refractivity contribution >= 4 is 29.9 Å². The van der Waals surface area contributed by atoms with Gasteiger partial charge in [0.25, 0.3) is 0 Å². The molecule has 1 N–H and O–H groups in total. The van der Waals surface area contributed by atoms with E-state index in [0.717, 1.165) is 38.1 Å². The second kappa shape index (κ2) is 12.1. The summed E-state index contributed by atoms with van der Waals surface area (Å²) in [5, 5.41) is 7.86. The molecule has 8 heteroatoms. The standard InChI is InChI=1S/C21H39N7.HI/c1-5-22-21(23-14-20(25(2)3)19-13-24-26(4)17-19)28-12-9-18(16-28)15-27-10-7-6-8-11-27;/h13,17-18,20H,5-12,14-16H2,1-4H3,(H,22,23);1H. The van der Waals surface area contributed by atoms with E-state index in [1.807, 2.05) is 17.9 Å². The summed E-state index contributed by atoms with van der Waals surface area (Å²) in [5.74, 6) is 1.84. The number of rotatable bonds is 7. The Balaban J connectivity index is 0.00000300. The number of likely N-dealkylation sites (tertiary alicyclic amines) is 2. The summed E-state index contributed by atoms with van der Waals surface area (Å²) >= 11 is 0. The molecular weight excluding hydrogens is 477 g/mol. The Bertz CT molecular complexity index is 624. The van der Waals surface area contributed by atoms with Crippen molar-refractivity contribution in [1.29, 1.82) is 0 Å². The van der Waals surface area contributed by atoms with E-state index < -0.39 is 0 Å². The molecule has 0 radical (unpaired) electrons. The number of guanidine groups is 1. The summed E-state index contributed by atoms with van der Waals surface area (Å²) in [7, 11) is 6.20. The molecule has 2 unspecified atom stereocenters. The van der Waals surface area contributed by atoms with Crippen LogP contribution in [-0.4, -0.2) is 90.3 Å². The van der Waals surface area contributed by atoms with Crippen LogP contribution in [-0.2, 0) is 7.05 Å². The first-order valence-electron chi connectivity index (χ1n) is 11.0. The zero-order chi connectivity index (χ0) is 19.9. The lowest BCUT2D eigenvalue weighted by Crippen LogP contribution is -2.41. The molecule has 7 nitrogen and oxygen atoms in total. The first-order chi connectivity index (χ1) is 13.6. The Morgan fingerprint density at radius 2 is 2.03 bits per heavy atom. The minimum absolute atomic E-state index is 0. The zero-order valence-electron chi connectivity index (χ0n) is 18.7. The van der Waals surface area contributed by atoms with Crippen LogP contribution in [0.4, 0.5) is 0 Å². The van der Waals surface area contributed by atoms with E-state index >= 15 is 0 Å². The highest BCUT2D eigenvalue weighted by atomic mass is 127. The molecule has 2 aliphatic rings. The van der Waals surface area contributed by atoms with Gasteiger partial charge in [-0.05, 0) is 59.3 Å². The molecule has 2 fully saturated rings. The molecule has 0 bridgehead atoms. The third-order valence-electron chi connectivity index (χ3n) is 6.03. The number of aliphatic imine (C=N–C) groups is 1. The molecule has 1 aromatic heterocycles. The average Bonchev–Trinajstić information content (AvgIpc) is 3.31. The van der Waals surface area contributed by atoms with E-state index in [1.54, 1.807) is 0 Å². The molecule has 0 aliphatic carbocycles. The molecule has 2 aliphatic heterocycles. The highest BCUT2D eigenvalue weighted by Crippen LogP contribution is 2.21. The van der Waals surface area contributed by atoms with Crippen molar-refractivity contribution in [1.82, 2.24) is 29.8 Å². The Morgan fingerprint density at radius 3 is 2.66 bits per heavy atom. The predicted molar refractivity (Wildman–Crippen MR) is 131 cm³/mol. The summed E-state index contributed by atoms with van der Waals surface area (Å²) in [6.07, 6.45) is 9.49. The van der Waals surface area contributed by atoms with E-state index in [2.05, 4.69) is 52.3 Å². The smallest absolute Gasteiger partial charge is 0.193 e. The topological polar surface area (TPSA) is 51.9 Å². The number of aryl methyl sites for hydroxylation is 1. The fourth-order valence-electron chi connectivity index (χ4n) is 4.46. The maximum absolute atomic E-state index is 5.02. The van der Waals surface area contributed by atoms with Gasteiger partial charge in [-0.2, -0.15) is 5.10 Å². The van der Waals surface area contributed by atoms with Gasteiger partial charge >= 0.3 is 0 Å². The van der Waals surface area contributed by atoms with Gasteiger partial charge in [0, 0.05) is 45.0 Å². The van der Waals surface area contributed by atoms with Crippen molar-refractivity contribution in [3.05, 3.63) is 18.0 Å². The number of nitrogens with zero attached hydrogens (tertiary/aromatic N) is 6. The van der Waals surface area contributed by atoms with Crippen molar-refractivity contribution in [2.75, 3.05) is 59.9 Å². The van der Waals surface area contributed by atoms with Gasteiger partial charge < -0.3 is 20.0 Å². The molecule has 2 saturated heterocycles. The maximum atomic E-state index is 5.02. The van der Waals surface area contributed by atoms with E-state index in [1.165, 1.54) is 50.9 Å². The Morgan fingerprint density at radius 1 is 1.28 bits per heavy atom. The van der Waals surface area contributed by atoms with Crippen molar-refractivity contribution in [2.45, 2.75) is 38.6 Å². The van der Waals surface area contributed by atoms with E-state index in [-0.39, 0.29) is 30.0 Å². The normalized spacial score (nSPS) is 22.0. The van der Waals surface area contributed by atoms with Gasteiger partial charge in [0.1, 0.15) is 0 Å². The van der Waals surface area contributed by atoms with Crippen LogP contribution >= 0.6 is 24.0 Å². The van der Waals surface area contributed by atoms with Gasteiger partial charge in [-0.25, -0.2) is 0 Å². The summed E-state index contributed by atoms with van der Waals surface area (Å²) in [5.41, 5.74) is 1.22. The Labute approximate surface area is 193 Å². The number of hydrogen-bond acceptors (Lipinski definition) is 4. The molecule has 0 spiro atoms. The van der Waals surface area contributed by atoms with E-state index in [0.29, 0.717) is 0 Å². The lowest BCUT2D eigenvalue weighted by atomic mass is 10.1. The van der Waals surface area contributed by atoms with Crippen LogP contribution in [0.3, 0.4) is 0 Å². The fraction of sp³-hybridized carbons (Fsp3) is 0.810. The Hall–Kier alpha value is -0.870. The number of nitrogens with one attached hydrogen (secondary N) is 1. The number of likely N-dealkylation sites (N-methyl/N-ethyl adjacent to an activating group) is 1. The van der Waals surface area contributed by atoms with Gasteiger partial charge in [-0.1, -0.05) is 6.42 Å². The van der Waals surface area contributed by atoms with Crippen molar-refractivity contribution in [2.24, 2.45) is 18.0 Å². The van der Waals surface area contributed by atoms with Crippen LogP contribution < -0.4 is 5.32 Å². The maximum Gasteiger partial charge on any atom is 0.193 e. The highest BCUT2D eigenvalue weighted by Gasteiger charge is 2.27. The van der Waals surface area contributed by atoms with Crippen molar-refractivity contribution in [3.63, 3.8) is 0 Å². The minimum Gasteiger partial charge on any atom is -0.357 e. The molecule has 2 atom stereocenters. The highest BCUT2D eigenvalue weighted by molar-refractivity contribution is 14.0. The molecule has 1 aromatic rings. The average molecular weight is 518 g/mol. The van der Waals surface area contributed by atoms with Crippen LogP contribution in [0.15, 0.2) is 17.4 Å². The SMILES string of the molecule is CCNC(=NCC(c1cnn(C)c1)N(C)C)N1CCC(CN2CCCCC2)C1.I. The van der Waals surface area contributed by atoms with Crippen LogP contribution in [0.2, 0.25) is 0 Å². The summed E-state index contributed by atoms with van der Waals surface area (Å²) < 4.78 is 1.87. The molecule has 3 heterocycles. The van der Waals surface area contributed by atoms with Crippen LogP contribution in [0.25, 0.3) is 0 Å². The molecule has 0 saturated carbocycles. The number of hydrogen-bond donors (Lipinski definition) is 1. The third kappa shape index (κ3) is 7.10. The minimum atomic E-state index is 0. The van der Waals surface area contributed by atoms with Gasteiger partial charge in [-0.3, -0.25) is 9.67 Å². The first-order valence-corrected chi connectivity index (χ1v) is 11.0. The summed E-state index contributed by atoms with van der Waals surface area (Å²) in [6.45, 7) is 9.89. The number of aromatic nitrogens is 2. The lowest BCUT2D eigenvalue weighted by molar-refractivity contribution is 0.198. The Kier molecular flexibility index (Phi) is 10.2. The lowest BCUT2D eigenvalue weighted by Gasteiger charge is -2.29. The second-order valence-corrected chi connectivity index (χ2v) is 8.58. The molecular formula is C21H40IN7. The molecule has 0 aromatic carbocycles. The quantitative estimate of drug-likeness (QED) is 0.342. The fourth-order valence-corrected chi connectivity index (χ4v) is 4.46. The van der Waals surface area contributed by atoms with Crippen LogP contribution in [0.5, 0.6) is 0 Å². The second-order valence-electron chi connectivity index (χ2n) is 8.58. The molecule has 29 heavy (non-hydrogen) atoms. The first kappa shape index (κ1) is 24.4. The largest absolute Gasteiger partial charge is 0.357 e. The van der Waals surface area contributed by atoms with E-state index in [4.69, 9.17) is 4.99 Å². The van der Waals surface area contributed by atoms with Gasteiger partial charge in [-0.15, -0.1) is 24.0 Å². The van der Waals surface area contributed by atoms with Crippen LogP contribution in [0, 0.1) is 5.92 Å². The van der Waals surface area contributed by atoms with Crippen LogP contribution in [0.1, 0.15) is 44.2 Å². The third-order valence-corrected chi connectivity index (χ3v) is 6.03. The number of halogens is 1. The zero-order valence-corrected chi connectivity index (χ0v) is 21.0. The molecule has 3 rings (SSSR count). The van der Waals surface area contributed by atoms with Gasteiger partial charge in [0.15, 0.2) is 5.96 Å². The van der Waals surface area contributed by atoms with Gasteiger partial charge in [0.2, 0.25) is 0 Å². The molecule has 166 valence electrons. The van der Waals surface area contributed by atoms with Gasteiger partial charge in [0.05, 0.1) is 18.8 Å². The summed E-state index contributed by atoms with van der Waals surface area (Å²) in [4.78, 5) is 12.4. The van der Waals surface area contributed by atoms with Crippen molar-refractivity contribution < 1.29 is 0 Å². The van der Waals surface area contributed by atoms with Crippen molar-refractivity contribution in [3.8, 4) is 0 Å². The monoisotopic (exact) mass is 517 g/mol.